The zero-order valence-electron chi connectivity index (χ0n) is 6.16. The molecule has 0 aliphatic carbocycles. The number of hydrogen-bond acceptors (Lipinski definition) is 3. The lowest BCUT2D eigenvalue weighted by Crippen LogP contribution is -2.31. The highest BCUT2D eigenvalue weighted by atomic mass is 35.5. The summed E-state index contributed by atoms with van der Waals surface area (Å²) in [5.74, 6) is -0.987. The number of carbonyl (C=O) groups is 1. The highest BCUT2D eigenvalue weighted by Crippen LogP contribution is 2.19. The lowest BCUT2D eigenvalue weighted by molar-refractivity contribution is -0.138. The molecule has 0 aliphatic rings. The van der Waals surface area contributed by atoms with E-state index in [1.165, 1.54) is 11.3 Å². The average Bonchev–Trinajstić information content (AvgIpc) is 2.35. The Kier molecular flexibility index (Phi) is 3.08. The van der Waals surface area contributed by atoms with Gasteiger partial charge < -0.3 is 10.8 Å². The Bertz CT molecular complexity index is 287. The number of nitrogens with two attached hydrogens (primary N) is 1. The number of aliphatic carboxylic acids is 1. The van der Waals surface area contributed by atoms with Gasteiger partial charge in [0, 0.05) is 16.7 Å². The van der Waals surface area contributed by atoms with Crippen LogP contribution in [0.5, 0.6) is 0 Å². The van der Waals surface area contributed by atoms with Gasteiger partial charge in [0.2, 0.25) is 0 Å². The third-order valence-electron chi connectivity index (χ3n) is 1.36. The molecule has 3 nitrogen and oxygen atoms in total. The summed E-state index contributed by atoms with van der Waals surface area (Å²) in [5.41, 5.74) is 5.32. The van der Waals surface area contributed by atoms with Crippen LogP contribution in [-0.4, -0.2) is 17.1 Å². The van der Waals surface area contributed by atoms with Gasteiger partial charge in [-0.2, -0.15) is 0 Å². The quantitative estimate of drug-likeness (QED) is 0.783. The Morgan fingerprint density at radius 2 is 2.50 bits per heavy atom. The molecule has 0 radical (unpaired) electrons. The number of hydrogen-bond donors (Lipinski definition) is 2. The first kappa shape index (κ1) is 9.51. The van der Waals surface area contributed by atoms with Crippen molar-refractivity contribution in [3.63, 3.8) is 0 Å². The minimum Gasteiger partial charge on any atom is -0.480 e. The van der Waals surface area contributed by atoms with Crippen LogP contribution in [0, 0.1) is 0 Å². The number of rotatable bonds is 3. The molecule has 0 unspecified atom stereocenters. The first-order chi connectivity index (χ1) is 5.59. The molecule has 1 heterocycles. The zero-order valence-corrected chi connectivity index (χ0v) is 7.73. The van der Waals surface area contributed by atoms with Crippen molar-refractivity contribution in [2.75, 3.05) is 0 Å². The second kappa shape index (κ2) is 3.89. The molecule has 0 spiro atoms. The number of carboxylic acids is 1. The van der Waals surface area contributed by atoms with Crippen LogP contribution in [0.4, 0.5) is 0 Å². The molecule has 0 saturated heterocycles. The first-order valence-corrected chi connectivity index (χ1v) is 4.56. The van der Waals surface area contributed by atoms with Gasteiger partial charge in [-0.05, 0) is 6.07 Å². The van der Waals surface area contributed by atoms with Gasteiger partial charge in [0.1, 0.15) is 6.04 Å². The summed E-state index contributed by atoms with van der Waals surface area (Å²) >= 11 is 7.07. The van der Waals surface area contributed by atoms with E-state index in [2.05, 4.69) is 0 Å². The fraction of sp³-hybridized carbons (Fsp3) is 0.286. The Morgan fingerprint density at radius 1 is 1.83 bits per heavy atom. The molecule has 0 fully saturated rings. The predicted molar refractivity (Wildman–Crippen MR) is 48.6 cm³/mol. The van der Waals surface area contributed by atoms with Crippen LogP contribution in [-0.2, 0) is 11.2 Å². The van der Waals surface area contributed by atoms with Crippen molar-refractivity contribution in [1.82, 2.24) is 0 Å². The minimum atomic E-state index is -0.987. The number of halogens is 1. The fourth-order valence-corrected chi connectivity index (χ4v) is 1.90. The molecular formula is C7H8ClNO2S. The Balaban J connectivity index is 2.58. The van der Waals surface area contributed by atoms with Gasteiger partial charge in [0.05, 0.1) is 5.02 Å². The molecule has 5 heteroatoms. The molecule has 1 aromatic heterocycles. The van der Waals surface area contributed by atoms with Gasteiger partial charge in [-0.15, -0.1) is 11.3 Å². The number of thiophene rings is 1. The van der Waals surface area contributed by atoms with E-state index in [0.29, 0.717) is 11.4 Å². The molecule has 0 aliphatic heterocycles. The molecule has 66 valence electrons. The third-order valence-corrected chi connectivity index (χ3v) is 2.67. The van der Waals surface area contributed by atoms with Crippen molar-refractivity contribution < 1.29 is 9.90 Å². The summed E-state index contributed by atoms with van der Waals surface area (Å²) in [4.78, 5) is 11.3. The Labute approximate surface area is 78.8 Å². The van der Waals surface area contributed by atoms with E-state index in [-0.39, 0.29) is 0 Å². The maximum Gasteiger partial charge on any atom is 0.320 e. The Hall–Kier alpha value is -0.580. The van der Waals surface area contributed by atoms with Gasteiger partial charge in [0.15, 0.2) is 0 Å². The Morgan fingerprint density at radius 3 is 2.92 bits per heavy atom. The summed E-state index contributed by atoms with van der Waals surface area (Å²) in [6.45, 7) is 0. The maximum absolute atomic E-state index is 10.4. The summed E-state index contributed by atoms with van der Waals surface area (Å²) in [5, 5.41) is 10.9. The first-order valence-electron chi connectivity index (χ1n) is 3.31. The van der Waals surface area contributed by atoms with Crippen LogP contribution >= 0.6 is 22.9 Å². The van der Waals surface area contributed by atoms with Gasteiger partial charge in [-0.1, -0.05) is 11.6 Å². The molecule has 0 saturated carbocycles. The molecule has 12 heavy (non-hydrogen) atoms. The minimum absolute atomic E-state index is 0.340. The molecular weight excluding hydrogens is 198 g/mol. The SMILES string of the molecule is N[C@@H](Cc1cc(Cl)cs1)C(=O)O. The van der Waals surface area contributed by atoms with Crippen LogP contribution in [0.15, 0.2) is 11.4 Å². The molecule has 3 N–H and O–H groups in total. The predicted octanol–water partition coefficient (Wildman–Crippen LogP) is 1.36. The van der Waals surface area contributed by atoms with Gasteiger partial charge in [-0.25, -0.2) is 0 Å². The normalized spacial score (nSPS) is 12.8. The van der Waals surface area contributed by atoms with E-state index in [1.54, 1.807) is 11.4 Å². The third kappa shape index (κ3) is 2.48. The van der Waals surface area contributed by atoms with Crippen LogP contribution in [0.3, 0.4) is 0 Å². The van der Waals surface area contributed by atoms with Crippen molar-refractivity contribution in [2.45, 2.75) is 12.5 Å². The fourth-order valence-electron chi connectivity index (χ4n) is 0.765. The summed E-state index contributed by atoms with van der Waals surface area (Å²) in [6.07, 6.45) is 0.340. The molecule has 1 rings (SSSR count). The van der Waals surface area contributed by atoms with E-state index in [4.69, 9.17) is 22.4 Å². The number of carboxylic acid groups (broad SMARTS) is 1. The molecule has 0 aromatic carbocycles. The van der Waals surface area contributed by atoms with Gasteiger partial charge >= 0.3 is 5.97 Å². The van der Waals surface area contributed by atoms with E-state index >= 15 is 0 Å². The topological polar surface area (TPSA) is 63.3 Å². The van der Waals surface area contributed by atoms with Crippen molar-refractivity contribution in [3.05, 3.63) is 21.3 Å². The molecule has 0 bridgehead atoms. The molecule has 1 atom stereocenters. The zero-order chi connectivity index (χ0) is 9.14. The van der Waals surface area contributed by atoms with E-state index in [9.17, 15) is 4.79 Å². The monoisotopic (exact) mass is 205 g/mol. The summed E-state index contributed by atoms with van der Waals surface area (Å²) < 4.78 is 0. The van der Waals surface area contributed by atoms with Crippen molar-refractivity contribution >= 4 is 28.9 Å². The molecule has 0 amide bonds. The summed E-state index contributed by atoms with van der Waals surface area (Å²) in [7, 11) is 0. The van der Waals surface area contributed by atoms with Crippen molar-refractivity contribution in [1.29, 1.82) is 0 Å². The van der Waals surface area contributed by atoms with Crippen LogP contribution in [0.25, 0.3) is 0 Å². The lowest BCUT2D eigenvalue weighted by atomic mass is 10.2. The van der Waals surface area contributed by atoms with E-state index in [1.807, 2.05) is 0 Å². The van der Waals surface area contributed by atoms with Gasteiger partial charge in [0.25, 0.3) is 0 Å². The van der Waals surface area contributed by atoms with Gasteiger partial charge in [-0.3, -0.25) is 4.79 Å². The lowest BCUT2D eigenvalue weighted by Gasteiger charge is -2.02. The molecule has 1 aromatic rings. The second-order valence-corrected chi connectivity index (χ2v) is 3.81. The van der Waals surface area contributed by atoms with Crippen LogP contribution in [0.2, 0.25) is 5.02 Å². The smallest absolute Gasteiger partial charge is 0.320 e. The second-order valence-electron chi connectivity index (χ2n) is 2.38. The average molecular weight is 206 g/mol. The van der Waals surface area contributed by atoms with Crippen LogP contribution < -0.4 is 5.73 Å². The van der Waals surface area contributed by atoms with E-state index in [0.717, 1.165) is 4.88 Å². The highest BCUT2D eigenvalue weighted by molar-refractivity contribution is 7.10. The maximum atomic E-state index is 10.4. The van der Waals surface area contributed by atoms with Crippen LogP contribution in [0.1, 0.15) is 4.88 Å². The largest absolute Gasteiger partial charge is 0.480 e. The van der Waals surface area contributed by atoms with Crippen molar-refractivity contribution in [2.24, 2.45) is 5.73 Å². The van der Waals surface area contributed by atoms with Crippen molar-refractivity contribution in [3.8, 4) is 0 Å². The summed E-state index contributed by atoms with van der Waals surface area (Å²) in [6, 6.07) is 0.898. The standard InChI is InChI=1S/C7H8ClNO2S/c8-4-1-5(12-3-4)2-6(9)7(10)11/h1,3,6H,2,9H2,(H,10,11)/t6-/m0/s1. The highest BCUT2D eigenvalue weighted by Gasteiger charge is 2.12. The van der Waals surface area contributed by atoms with E-state index < -0.39 is 12.0 Å².